The molecule has 4 heteroatoms. The number of carbonyl (C=O) groups is 1. The van der Waals surface area contributed by atoms with Crippen molar-refractivity contribution >= 4 is 5.91 Å². The Balaban J connectivity index is 1.37. The summed E-state index contributed by atoms with van der Waals surface area (Å²) in [6, 6.07) is 17.7. The molecule has 1 saturated heterocycles. The second-order valence-corrected chi connectivity index (χ2v) is 10.2. The fraction of sp³-hybridized carbons (Fsp3) is 0.536. The third-order valence-corrected chi connectivity index (χ3v) is 8.12. The molecule has 0 radical (unpaired) electrons. The van der Waals surface area contributed by atoms with Gasteiger partial charge in [0.25, 0.3) is 0 Å². The first-order chi connectivity index (χ1) is 15.4. The molecule has 4 rings (SSSR count). The summed E-state index contributed by atoms with van der Waals surface area (Å²) in [5.41, 5.74) is 2.11. The van der Waals surface area contributed by atoms with Crippen LogP contribution in [0.1, 0.15) is 76.0 Å². The highest BCUT2D eigenvalue weighted by molar-refractivity contribution is 5.83. The van der Waals surface area contributed by atoms with Gasteiger partial charge in [0.2, 0.25) is 5.91 Å². The van der Waals surface area contributed by atoms with E-state index >= 15 is 0 Å². The number of carbonyl (C=O) groups excluding carboxylic acids is 1. The van der Waals surface area contributed by atoms with E-state index in [9.17, 15) is 9.18 Å². The van der Waals surface area contributed by atoms with E-state index in [1.165, 1.54) is 5.56 Å². The van der Waals surface area contributed by atoms with Crippen molar-refractivity contribution in [1.82, 2.24) is 10.2 Å². The zero-order valence-corrected chi connectivity index (χ0v) is 19.7. The summed E-state index contributed by atoms with van der Waals surface area (Å²) in [4.78, 5) is 16.1. The molecule has 1 amide bonds. The Morgan fingerprint density at radius 1 is 1.00 bits per heavy atom. The smallest absolute Gasteiger partial charge is 0.227 e. The van der Waals surface area contributed by atoms with Crippen LogP contribution >= 0.6 is 0 Å². The van der Waals surface area contributed by atoms with E-state index in [4.69, 9.17) is 0 Å². The number of piperidine rings is 1. The van der Waals surface area contributed by atoms with Crippen molar-refractivity contribution in [2.45, 2.75) is 70.9 Å². The monoisotopic (exact) mass is 436 g/mol. The number of likely N-dealkylation sites (tertiary alicyclic amines) is 1. The third kappa shape index (κ3) is 4.76. The molecule has 32 heavy (non-hydrogen) atoms. The standard InChI is InChI=1S/C28H37FN2O/c1-20(2)28(27(32)30-21(3)22-7-5-4-6-8-22)16-13-26(19-28)31-17-14-24(15-18-31)23-9-11-25(29)12-10-23/h4-12,20-21,24,26H,13-19H2,1-3H3,(H,30,32)/t21-,26?,28?/m0/s1. The molecule has 172 valence electrons. The van der Waals surface area contributed by atoms with Gasteiger partial charge in [-0.3, -0.25) is 4.79 Å². The predicted molar refractivity (Wildman–Crippen MR) is 128 cm³/mol. The van der Waals surface area contributed by atoms with Crippen LogP contribution in [0.25, 0.3) is 0 Å². The SMILES string of the molecule is CC(C)C1(C(=O)N[C@@H](C)c2ccccc2)CCC(N2CCC(c3ccc(F)cc3)CC2)C1. The zero-order valence-electron chi connectivity index (χ0n) is 19.7. The number of rotatable bonds is 6. The number of halogens is 1. The maximum absolute atomic E-state index is 13.5. The molecule has 1 saturated carbocycles. The van der Waals surface area contributed by atoms with E-state index in [1.807, 2.05) is 30.3 Å². The maximum atomic E-state index is 13.5. The molecule has 1 N–H and O–H groups in total. The van der Waals surface area contributed by atoms with E-state index in [1.54, 1.807) is 12.1 Å². The van der Waals surface area contributed by atoms with Crippen LogP contribution in [-0.4, -0.2) is 29.9 Å². The maximum Gasteiger partial charge on any atom is 0.227 e. The van der Waals surface area contributed by atoms with Gasteiger partial charge >= 0.3 is 0 Å². The van der Waals surface area contributed by atoms with Gasteiger partial charge in [0.15, 0.2) is 0 Å². The Morgan fingerprint density at radius 3 is 2.28 bits per heavy atom. The summed E-state index contributed by atoms with van der Waals surface area (Å²) in [5, 5.41) is 3.33. The van der Waals surface area contributed by atoms with Crippen molar-refractivity contribution in [3.8, 4) is 0 Å². The van der Waals surface area contributed by atoms with Gasteiger partial charge in [-0.1, -0.05) is 56.3 Å². The van der Waals surface area contributed by atoms with Gasteiger partial charge in [0, 0.05) is 6.04 Å². The first-order valence-corrected chi connectivity index (χ1v) is 12.2. The molecule has 2 fully saturated rings. The Morgan fingerprint density at radius 2 is 1.66 bits per heavy atom. The number of nitrogens with zero attached hydrogens (tertiary/aromatic N) is 1. The molecule has 3 atom stereocenters. The largest absolute Gasteiger partial charge is 0.349 e. The number of amides is 1. The molecular weight excluding hydrogens is 399 g/mol. The minimum Gasteiger partial charge on any atom is -0.349 e. The van der Waals surface area contributed by atoms with Gasteiger partial charge < -0.3 is 10.2 Å². The number of nitrogens with one attached hydrogen (secondary N) is 1. The van der Waals surface area contributed by atoms with Crippen LogP contribution < -0.4 is 5.32 Å². The van der Waals surface area contributed by atoms with Crippen LogP contribution in [0.15, 0.2) is 54.6 Å². The minimum atomic E-state index is -0.290. The molecule has 2 aromatic carbocycles. The Labute approximate surface area is 192 Å². The lowest BCUT2D eigenvalue weighted by molar-refractivity contribution is -0.134. The van der Waals surface area contributed by atoms with Crippen LogP contribution in [0.3, 0.4) is 0 Å². The topological polar surface area (TPSA) is 32.3 Å². The highest BCUT2D eigenvalue weighted by atomic mass is 19.1. The molecule has 0 aromatic heterocycles. The van der Waals surface area contributed by atoms with Crippen molar-refractivity contribution in [1.29, 1.82) is 0 Å². The predicted octanol–water partition coefficient (Wildman–Crippen LogP) is 6.08. The molecule has 2 unspecified atom stereocenters. The molecule has 2 aliphatic rings. The molecule has 1 aliphatic heterocycles. The van der Waals surface area contributed by atoms with Gasteiger partial charge in [-0.2, -0.15) is 0 Å². The first kappa shape index (κ1) is 23.0. The number of hydrogen-bond donors (Lipinski definition) is 1. The fourth-order valence-corrected chi connectivity index (χ4v) is 5.85. The van der Waals surface area contributed by atoms with E-state index in [0.29, 0.717) is 17.9 Å². The molecular formula is C28H37FN2O. The van der Waals surface area contributed by atoms with E-state index < -0.39 is 0 Å². The van der Waals surface area contributed by atoms with Gasteiger partial charge in [-0.05, 0) is 87.2 Å². The fourth-order valence-electron chi connectivity index (χ4n) is 5.85. The molecule has 0 bridgehead atoms. The molecule has 0 spiro atoms. The van der Waals surface area contributed by atoms with Crippen molar-refractivity contribution in [2.75, 3.05) is 13.1 Å². The van der Waals surface area contributed by atoms with E-state index in [2.05, 4.69) is 43.1 Å². The van der Waals surface area contributed by atoms with Gasteiger partial charge in [-0.15, -0.1) is 0 Å². The Bertz CT molecular complexity index is 889. The lowest BCUT2D eigenvalue weighted by atomic mass is 9.74. The lowest BCUT2D eigenvalue weighted by Gasteiger charge is -2.38. The summed E-state index contributed by atoms with van der Waals surface area (Å²) in [7, 11) is 0. The third-order valence-electron chi connectivity index (χ3n) is 8.12. The van der Waals surface area contributed by atoms with Crippen LogP contribution in [0.2, 0.25) is 0 Å². The molecule has 3 nitrogen and oxygen atoms in total. The average Bonchev–Trinajstić information content (AvgIpc) is 3.27. The van der Waals surface area contributed by atoms with Crippen molar-refractivity contribution < 1.29 is 9.18 Å². The van der Waals surface area contributed by atoms with E-state index in [-0.39, 0.29) is 23.2 Å². The van der Waals surface area contributed by atoms with Crippen LogP contribution in [-0.2, 0) is 4.79 Å². The summed E-state index contributed by atoms with van der Waals surface area (Å²) in [5.74, 6) is 0.875. The normalized spacial score (nSPS) is 25.7. The van der Waals surface area contributed by atoms with Crippen LogP contribution in [0.4, 0.5) is 4.39 Å². The van der Waals surface area contributed by atoms with Crippen LogP contribution in [0.5, 0.6) is 0 Å². The highest BCUT2D eigenvalue weighted by Crippen LogP contribution is 2.47. The Hall–Kier alpha value is -2.20. The first-order valence-electron chi connectivity index (χ1n) is 12.2. The van der Waals surface area contributed by atoms with E-state index in [0.717, 1.165) is 50.8 Å². The summed E-state index contributed by atoms with van der Waals surface area (Å²) >= 11 is 0. The van der Waals surface area contributed by atoms with Gasteiger partial charge in [-0.25, -0.2) is 4.39 Å². The summed E-state index contributed by atoms with van der Waals surface area (Å²) < 4.78 is 13.3. The number of benzene rings is 2. The highest BCUT2D eigenvalue weighted by Gasteiger charge is 2.49. The molecule has 2 aromatic rings. The second kappa shape index (κ2) is 9.74. The molecule has 1 aliphatic carbocycles. The zero-order chi connectivity index (χ0) is 22.7. The van der Waals surface area contributed by atoms with Gasteiger partial charge in [0.1, 0.15) is 5.82 Å². The van der Waals surface area contributed by atoms with Crippen LogP contribution in [0, 0.1) is 17.2 Å². The lowest BCUT2D eigenvalue weighted by Crippen LogP contribution is -2.46. The van der Waals surface area contributed by atoms with Gasteiger partial charge in [0.05, 0.1) is 11.5 Å². The number of hydrogen-bond acceptors (Lipinski definition) is 2. The molecule has 1 heterocycles. The Kier molecular flexibility index (Phi) is 6.99. The van der Waals surface area contributed by atoms with Crippen molar-refractivity contribution in [2.24, 2.45) is 11.3 Å². The minimum absolute atomic E-state index is 0.0184. The van der Waals surface area contributed by atoms with Crippen molar-refractivity contribution in [3.05, 3.63) is 71.5 Å². The second-order valence-electron chi connectivity index (χ2n) is 10.2. The average molecular weight is 437 g/mol. The quantitative estimate of drug-likeness (QED) is 0.595. The summed E-state index contributed by atoms with van der Waals surface area (Å²) in [6.45, 7) is 8.60. The van der Waals surface area contributed by atoms with Crippen molar-refractivity contribution in [3.63, 3.8) is 0 Å². The summed E-state index contributed by atoms with van der Waals surface area (Å²) in [6.07, 6.45) is 5.20.